The summed E-state index contributed by atoms with van der Waals surface area (Å²) in [4.78, 5) is 35.8. The van der Waals surface area contributed by atoms with E-state index in [1.807, 2.05) is 0 Å². The lowest BCUT2D eigenvalue weighted by atomic mass is 10.2. The molecule has 0 fully saturated rings. The number of esters is 1. The summed E-state index contributed by atoms with van der Waals surface area (Å²) in [5.41, 5.74) is 4.38. The van der Waals surface area contributed by atoms with Crippen LogP contribution in [-0.2, 0) is 26.1 Å². The van der Waals surface area contributed by atoms with Crippen LogP contribution in [0.5, 0.6) is 0 Å². The minimum atomic E-state index is -3.80. The molecule has 1 aromatic carbocycles. The van der Waals surface area contributed by atoms with E-state index in [1.165, 1.54) is 41.9 Å². The van der Waals surface area contributed by atoms with Crippen LogP contribution in [0.1, 0.15) is 25.8 Å². The Bertz CT molecular complexity index is 1140. The third-order valence-corrected chi connectivity index (χ3v) is 6.10. The molecule has 31 heavy (non-hydrogen) atoms. The molecule has 0 saturated heterocycles. The predicted octanol–water partition coefficient (Wildman–Crippen LogP) is 1.44. The number of nitrogens with one attached hydrogen (secondary N) is 3. The Morgan fingerprint density at radius 1 is 1.00 bits per heavy atom. The van der Waals surface area contributed by atoms with Gasteiger partial charge in [-0.2, -0.15) is 0 Å². The Hall–Kier alpha value is -3.48. The molecule has 0 radical (unpaired) electrons. The zero-order valence-corrected chi connectivity index (χ0v) is 17.5. The predicted molar refractivity (Wildman–Crippen MR) is 109 cm³/mol. The summed E-state index contributed by atoms with van der Waals surface area (Å²) in [6.45, 7) is -0.647. The fraction of sp³-hybridized carbons (Fsp3) is 0.105. The minimum absolute atomic E-state index is 0.0166. The summed E-state index contributed by atoms with van der Waals surface area (Å²) in [7, 11) is -3.80. The van der Waals surface area contributed by atoms with Gasteiger partial charge in [-0.3, -0.25) is 20.4 Å². The van der Waals surface area contributed by atoms with Crippen molar-refractivity contribution in [1.82, 2.24) is 15.6 Å². The first-order valence-corrected chi connectivity index (χ1v) is 11.1. The summed E-state index contributed by atoms with van der Waals surface area (Å²) >= 11 is 1.20. The van der Waals surface area contributed by atoms with Crippen molar-refractivity contribution >= 4 is 39.1 Å². The third kappa shape index (κ3) is 6.25. The first kappa shape index (κ1) is 22.2. The maximum atomic E-state index is 12.3. The minimum Gasteiger partial charge on any atom is -0.468 e. The average molecular weight is 463 g/mol. The van der Waals surface area contributed by atoms with Gasteiger partial charge >= 0.3 is 5.97 Å². The largest absolute Gasteiger partial charge is 0.468 e. The Morgan fingerprint density at radius 3 is 2.42 bits per heavy atom. The first-order chi connectivity index (χ1) is 14.8. The zero-order chi connectivity index (χ0) is 22.3. The molecule has 0 atom stereocenters. The van der Waals surface area contributed by atoms with Crippen LogP contribution in [0.15, 0.2) is 69.5 Å². The highest BCUT2D eigenvalue weighted by Gasteiger charge is 2.17. The molecule has 10 nitrogen and oxygen atoms in total. The Morgan fingerprint density at radius 2 is 1.77 bits per heavy atom. The summed E-state index contributed by atoms with van der Waals surface area (Å²) < 4.78 is 36.9. The fourth-order valence-corrected chi connectivity index (χ4v) is 3.89. The number of hydrogen-bond acceptors (Lipinski definition) is 8. The number of hydrogen-bond donors (Lipinski definition) is 3. The number of sulfonamides is 1. The van der Waals surface area contributed by atoms with Crippen molar-refractivity contribution in [1.29, 1.82) is 0 Å². The van der Waals surface area contributed by atoms with Gasteiger partial charge in [-0.05, 0) is 47.8 Å². The van der Waals surface area contributed by atoms with Crippen molar-refractivity contribution in [3.8, 4) is 0 Å². The highest BCUT2D eigenvalue weighted by atomic mass is 32.2. The SMILES string of the molecule is O=C(COC(=O)c1ccc(S(=O)(=O)NCc2ccco2)cc1)NNC(=O)c1cccs1. The van der Waals surface area contributed by atoms with Crippen LogP contribution in [0.4, 0.5) is 0 Å². The Balaban J connectivity index is 1.47. The average Bonchev–Trinajstić information content (AvgIpc) is 3.49. The summed E-state index contributed by atoms with van der Waals surface area (Å²) in [6.07, 6.45) is 1.43. The number of amides is 2. The number of carbonyl (C=O) groups excluding carboxylic acids is 3. The van der Waals surface area contributed by atoms with Crippen LogP contribution in [0.2, 0.25) is 0 Å². The topological polar surface area (TPSA) is 144 Å². The van der Waals surface area contributed by atoms with Crippen LogP contribution in [0.25, 0.3) is 0 Å². The second-order valence-electron chi connectivity index (χ2n) is 5.98. The fourth-order valence-electron chi connectivity index (χ4n) is 2.28. The van der Waals surface area contributed by atoms with E-state index >= 15 is 0 Å². The van der Waals surface area contributed by atoms with Crippen LogP contribution < -0.4 is 15.6 Å². The van der Waals surface area contributed by atoms with Crippen LogP contribution in [-0.4, -0.2) is 32.8 Å². The number of thiophene rings is 1. The second-order valence-corrected chi connectivity index (χ2v) is 8.70. The normalized spacial score (nSPS) is 11.0. The van der Waals surface area contributed by atoms with Gasteiger partial charge in [0.1, 0.15) is 5.76 Å². The van der Waals surface area contributed by atoms with Crippen LogP contribution in [0.3, 0.4) is 0 Å². The zero-order valence-electron chi connectivity index (χ0n) is 15.9. The molecule has 3 N–H and O–H groups in total. The molecule has 162 valence electrons. The highest BCUT2D eigenvalue weighted by Crippen LogP contribution is 2.12. The molecule has 2 heterocycles. The molecule has 3 aromatic rings. The van der Waals surface area contributed by atoms with E-state index < -0.39 is 34.4 Å². The van der Waals surface area contributed by atoms with Gasteiger partial charge in [0.2, 0.25) is 10.0 Å². The molecule has 0 aliphatic rings. The van der Waals surface area contributed by atoms with Crippen LogP contribution >= 0.6 is 11.3 Å². The molecule has 2 amide bonds. The second kappa shape index (κ2) is 10.0. The van der Waals surface area contributed by atoms with E-state index in [2.05, 4.69) is 15.6 Å². The highest BCUT2D eigenvalue weighted by molar-refractivity contribution is 7.89. The molecule has 0 aliphatic carbocycles. The number of carbonyl (C=O) groups is 3. The molecule has 12 heteroatoms. The summed E-state index contributed by atoms with van der Waals surface area (Å²) in [6, 6.07) is 11.6. The molecular weight excluding hydrogens is 446 g/mol. The van der Waals surface area contributed by atoms with E-state index in [9.17, 15) is 22.8 Å². The first-order valence-electron chi connectivity index (χ1n) is 8.77. The molecule has 0 bridgehead atoms. The summed E-state index contributed by atoms with van der Waals surface area (Å²) in [5, 5.41) is 1.71. The molecule has 0 spiro atoms. The standard InChI is InChI=1S/C19H17N3O7S2/c23-17(21-22-18(24)16-4-2-10-30-16)12-29-19(25)13-5-7-15(8-6-13)31(26,27)20-11-14-3-1-9-28-14/h1-10,20H,11-12H2,(H,21,23)(H,22,24). The van der Waals surface area contributed by atoms with Gasteiger partial charge in [-0.25, -0.2) is 17.9 Å². The maximum absolute atomic E-state index is 12.3. The van der Waals surface area contributed by atoms with Gasteiger partial charge in [0.05, 0.1) is 28.1 Å². The third-order valence-electron chi connectivity index (χ3n) is 3.81. The molecule has 0 saturated carbocycles. The lowest BCUT2D eigenvalue weighted by molar-refractivity contribution is -0.125. The van der Waals surface area contributed by atoms with E-state index in [4.69, 9.17) is 9.15 Å². The van der Waals surface area contributed by atoms with Crippen molar-refractivity contribution in [2.75, 3.05) is 6.61 Å². The van der Waals surface area contributed by atoms with E-state index in [0.717, 1.165) is 0 Å². The number of furan rings is 1. The van der Waals surface area contributed by atoms with Gasteiger partial charge in [-0.1, -0.05) is 6.07 Å². The molecule has 2 aromatic heterocycles. The van der Waals surface area contributed by atoms with Crippen molar-refractivity contribution in [3.05, 3.63) is 76.4 Å². The van der Waals surface area contributed by atoms with E-state index in [0.29, 0.717) is 10.6 Å². The molecule has 3 rings (SSSR count). The van der Waals surface area contributed by atoms with E-state index in [-0.39, 0.29) is 17.0 Å². The van der Waals surface area contributed by atoms with Gasteiger partial charge in [0.15, 0.2) is 6.61 Å². The van der Waals surface area contributed by atoms with Crippen molar-refractivity contribution in [3.63, 3.8) is 0 Å². The lowest BCUT2D eigenvalue weighted by Gasteiger charge is -2.08. The van der Waals surface area contributed by atoms with Crippen LogP contribution in [0, 0.1) is 0 Å². The van der Waals surface area contributed by atoms with Gasteiger partial charge in [-0.15, -0.1) is 11.3 Å². The Kier molecular flexibility index (Phi) is 7.18. The molecule has 0 aliphatic heterocycles. The number of hydrazine groups is 1. The smallest absolute Gasteiger partial charge is 0.338 e. The maximum Gasteiger partial charge on any atom is 0.338 e. The van der Waals surface area contributed by atoms with Gasteiger partial charge in [0, 0.05) is 0 Å². The quantitative estimate of drug-likeness (QED) is 0.339. The summed E-state index contributed by atoms with van der Waals surface area (Å²) in [5.74, 6) is -1.60. The Labute approximate surface area is 181 Å². The molecular formula is C19H17N3O7S2. The lowest BCUT2D eigenvalue weighted by Crippen LogP contribution is -2.43. The van der Waals surface area contributed by atoms with Crippen molar-refractivity contribution in [2.45, 2.75) is 11.4 Å². The van der Waals surface area contributed by atoms with Gasteiger partial charge < -0.3 is 9.15 Å². The molecule has 0 unspecified atom stereocenters. The number of benzene rings is 1. The van der Waals surface area contributed by atoms with Gasteiger partial charge in [0.25, 0.3) is 11.8 Å². The monoisotopic (exact) mass is 463 g/mol. The number of ether oxygens (including phenoxy) is 1. The number of rotatable bonds is 8. The van der Waals surface area contributed by atoms with Crippen molar-refractivity contribution in [2.24, 2.45) is 0 Å². The van der Waals surface area contributed by atoms with E-state index in [1.54, 1.807) is 29.6 Å². The van der Waals surface area contributed by atoms with Crippen molar-refractivity contribution < 1.29 is 32.0 Å².